The van der Waals surface area contributed by atoms with E-state index in [2.05, 4.69) is 5.32 Å². The van der Waals surface area contributed by atoms with Crippen LogP contribution in [0.3, 0.4) is 0 Å². The topological polar surface area (TPSA) is 69.6 Å². The van der Waals surface area contributed by atoms with E-state index in [1.807, 2.05) is 4.90 Å². The lowest BCUT2D eigenvalue weighted by Gasteiger charge is -2.17. The Morgan fingerprint density at radius 2 is 2.06 bits per heavy atom. The normalized spacial score (nSPS) is 29.6. The number of hydrogen-bond acceptors (Lipinski definition) is 4. The zero-order valence-corrected chi connectivity index (χ0v) is 9.83. The number of nitrogens with zero attached hydrogens (tertiary/aromatic N) is 1. The lowest BCUT2D eigenvalue weighted by atomic mass is 10.3. The first-order valence-electron chi connectivity index (χ1n) is 5.55. The predicted molar refractivity (Wildman–Crippen MR) is 61.2 cm³/mol. The molecule has 0 aliphatic carbocycles. The number of carbonyl (C=O) groups excluding carboxylic acids is 1. The van der Waals surface area contributed by atoms with Crippen molar-refractivity contribution in [1.82, 2.24) is 10.2 Å². The maximum absolute atomic E-state index is 11.8. The van der Waals surface area contributed by atoms with Crippen molar-refractivity contribution in [2.75, 3.05) is 18.8 Å². The van der Waals surface area contributed by atoms with Crippen LogP contribution in [0.15, 0.2) is 0 Å². The van der Waals surface area contributed by atoms with E-state index in [9.17, 15) is 9.59 Å². The lowest BCUT2D eigenvalue weighted by Crippen LogP contribution is -2.39. The fraction of sp³-hybridized carbons (Fsp3) is 0.800. The molecule has 0 bridgehead atoms. The van der Waals surface area contributed by atoms with Gasteiger partial charge in [-0.15, -0.1) is 11.8 Å². The highest BCUT2D eigenvalue weighted by Gasteiger charge is 2.31. The van der Waals surface area contributed by atoms with Crippen molar-refractivity contribution < 1.29 is 14.7 Å². The highest BCUT2D eigenvalue weighted by atomic mass is 32.2. The zero-order valence-electron chi connectivity index (χ0n) is 9.02. The highest BCUT2D eigenvalue weighted by Crippen LogP contribution is 2.23. The molecule has 0 aromatic heterocycles. The molecule has 16 heavy (non-hydrogen) atoms. The van der Waals surface area contributed by atoms with Crippen molar-refractivity contribution >= 4 is 23.6 Å². The molecule has 0 radical (unpaired) electrons. The Kier molecular flexibility index (Phi) is 3.70. The summed E-state index contributed by atoms with van der Waals surface area (Å²) in [5.74, 6) is -0.134. The number of amides is 1. The molecule has 2 unspecified atom stereocenters. The molecular weight excluding hydrogens is 228 g/mol. The average Bonchev–Trinajstić information content (AvgIpc) is 2.87. The van der Waals surface area contributed by atoms with Crippen molar-refractivity contribution in [1.29, 1.82) is 0 Å². The van der Waals surface area contributed by atoms with Crippen LogP contribution in [0.4, 0.5) is 0 Å². The summed E-state index contributed by atoms with van der Waals surface area (Å²) in [4.78, 5) is 24.4. The summed E-state index contributed by atoms with van der Waals surface area (Å²) < 4.78 is 0. The molecule has 0 aromatic rings. The first kappa shape index (κ1) is 11.7. The van der Waals surface area contributed by atoms with Gasteiger partial charge in [0.05, 0.1) is 11.8 Å². The van der Waals surface area contributed by atoms with Crippen molar-refractivity contribution in [2.45, 2.75) is 30.7 Å². The number of hydrogen-bond donors (Lipinski definition) is 2. The number of likely N-dealkylation sites (tertiary alicyclic amines) is 1. The van der Waals surface area contributed by atoms with Gasteiger partial charge < -0.3 is 10.0 Å². The predicted octanol–water partition coefficient (Wildman–Crippen LogP) is 0.115. The lowest BCUT2D eigenvalue weighted by molar-refractivity contribution is -0.139. The van der Waals surface area contributed by atoms with Gasteiger partial charge in [-0.3, -0.25) is 14.9 Å². The largest absolute Gasteiger partial charge is 0.480 e. The van der Waals surface area contributed by atoms with E-state index in [4.69, 9.17) is 5.11 Å². The molecule has 0 aromatic carbocycles. The smallest absolute Gasteiger partial charge is 0.321 e. The van der Waals surface area contributed by atoms with Gasteiger partial charge in [-0.2, -0.15) is 0 Å². The molecule has 2 heterocycles. The number of rotatable bonds is 3. The van der Waals surface area contributed by atoms with Gasteiger partial charge in [0.1, 0.15) is 6.04 Å². The quantitative estimate of drug-likeness (QED) is 0.737. The third kappa shape index (κ3) is 2.68. The zero-order chi connectivity index (χ0) is 11.5. The molecule has 2 fully saturated rings. The van der Waals surface area contributed by atoms with Crippen molar-refractivity contribution in [3.63, 3.8) is 0 Å². The SMILES string of the molecule is O=C(O)C1CSC(CC(=O)N2CCCC2)N1. The standard InChI is InChI=1S/C10H16N2O3S/c13-9(12-3-1-2-4-12)5-8-11-7(6-16-8)10(14)15/h7-8,11H,1-6H2,(H,14,15). The molecule has 1 amide bonds. The Morgan fingerprint density at radius 3 is 2.62 bits per heavy atom. The van der Waals surface area contributed by atoms with Crippen molar-refractivity contribution in [3.05, 3.63) is 0 Å². The van der Waals surface area contributed by atoms with Gasteiger partial charge in [0, 0.05) is 18.8 Å². The Bertz CT molecular complexity index is 292. The Labute approximate surface area is 98.6 Å². The van der Waals surface area contributed by atoms with Crippen molar-refractivity contribution in [3.8, 4) is 0 Å². The van der Waals surface area contributed by atoms with Crippen LogP contribution < -0.4 is 5.32 Å². The second kappa shape index (κ2) is 5.05. The van der Waals surface area contributed by atoms with E-state index in [0.29, 0.717) is 12.2 Å². The van der Waals surface area contributed by atoms with Gasteiger partial charge in [-0.05, 0) is 12.8 Å². The fourth-order valence-corrected chi connectivity index (χ4v) is 3.23. The van der Waals surface area contributed by atoms with Gasteiger partial charge in [-0.25, -0.2) is 0 Å². The average molecular weight is 244 g/mol. The molecule has 6 heteroatoms. The molecule has 2 aliphatic heterocycles. The monoisotopic (exact) mass is 244 g/mol. The fourth-order valence-electron chi connectivity index (χ4n) is 2.05. The van der Waals surface area contributed by atoms with Crippen LogP contribution in [0, 0.1) is 0 Å². The molecule has 2 aliphatic rings. The van der Waals surface area contributed by atoms with E-state index < -0.39 is 12.0 Å². The second-order valence-corrected chi connectivity index (χ2v) is 5.41. The van der Waals surface area contributed by atoms with E-state index in [0.717, 1.165) is 25.9 Å². The van der Waals surface area contributed by atoms with Gasteiger partial charge in [-0.1, -0.05) is 0 Å². The van der Waals surface area contributed by atoms with Crippen LogP contribution in [0.25, 0.3) is 0 Å². The minimum atomic E-state index is -0.830. The summed E-state index contributed by atoms with van der Waals surface area (Å²) in [6.45, 7) is 1.72. The van der Waals surface area contributed by atoms with E-state index in [1.54, 1.807) is 0 Å². The summed E-state index contributed by atoms with van der Waals surface area (Å²) in [5.41, 5.74) is 0. The summed E-state index contributed by atoms with van der Waals surface area (Å²) in [6.07, 6.45) is 2.60. The van der Waals surface area contributed by atoms with Crippen LogP contribution in [0.2, 0.25) is 0 Å². The van der Waals surface area contributed by atoms with E-state index in [1.165, 1.54) is 11.8 Å². The Hall–Kier alpha value is -0.750. The molecule has 2 atom stereocenters. The summed E-state index contributed by atoms with van der Waals surface area (Å²) in [6, 6.07) is -0.499. The maximum atomic E-state index is 11.8. The number of aliphatic carboxylic acids is 1. The van der Waals surface area contributed by atoms with Crippen LogP contribution in [-0.2, 0) is 9.59 Å². The molecular formula is C10H16N2O3S. The number of carboxylic acids is 1. The van der Waals surface area contributed by atoms with Gasteiger partial charge in [0.25, 0.3) is 0 Å². The molecule has 90 valence electrons. The number of nitrogens with one attached hydrogen (secondary N) is 1. The number of thioether (sulfide) groups is 1. The molecule has 2 saturated heterocycles. The first-order valence-corrected chi connectivity index (χ1v) is 6.60. The van der Waals surface area contributed by atoms with Crippen LogP contribution in [-0.4, -0.2) is 52.1 Å². The Morgan fingerprint density at radius 1 is 1.38 bits per heavy atom. The van der Waals surface area contributed by atoms with E-state index in [-0.39, 0.29) is 11.3 Å². The van der Waals surface area contributed by atoms with Crippen LogP contribution in [0.1, 0.15) is 19.3 Å². The Balaban J connectivity index is 1.78. The highest BCUT2D eigenvalue weighted by molar-refractivity contribution is 8.00. The molecule has 0 saturated carbocycles. The molecule has 5 nitrogen and oxygen atoms in total. The van der Waals surface area contributed by atoms with Crippen LogP contribution >= 0.6 is 11.8 Å². The van der Waals surface area contributed by atoms with Crippen molar-refractivity contribution in [2.24, 2.45) is 0 Å². The number of carboxylic acid groups (broad SMARTS) is 1. The first-order chi connectivity index (χ1) is 7.66. The summed E-state index contributed by atoms with van der Waals surface area (Å²) >= 11 is 1.53. The van der Waals surface area contributed by atoms with Gasteiger partial charge in [0.15, 0.2) is 0 Å². The summed E-state index contributed by atoms with van der Waals surface area (Å²) in [5, 5.41) is 11.7. The van der Waals surface area contributed by atoms with E-state index >= 15 is 0 Å². The van der Waals surface area contributed by atoms with Gasteiger partial charge in [0.2, 0.25) is 5.91 Å². The minimum absolute atomic E-state index is 0.0331. The van der Waals surface area contributed by atoms with Crippen LogP contribution in [0.5, 0.6) is 0 Å². The molecule has 2 rings (SSSR count). The molecule has 0 spiro atoms. The third-order valence-corrected chi connectivity index (χ3v) is 4.20. The molecule has 2 N–H and O–H groups in total. The third-order valence-electron chi connectivity index (χ3n) is 2.97. The number of carbonyl (C=O) groups is 2. The maximum Gasteiger partial charge on any atom is 0.321 e. The summed E-state index contributed by atoms with van der Waals surface area (Å²) in [7, 11) is 0. The minimum Gasteiger partial charge on any atom is -0.480 e. The van der Waals surface area contributed by atoms with Gasteiger partial charge >= 0.3 is 5.97 Å². The second-order valence-electron chi connectivity index (χ2n) is 4.17.